The number of Topliss-reactive ketones (excluding diaryl/α,β-unsaturated/α-hetero) is 2. The van der Waals surface area contributed by atoms with Crippen molar-refractivity contribution in [3.05, 3.63) is 0 Å². The molecule has 192 valence electrons. The summed E-state index contributed by atoms with van der Waals surface area (Å²) in [5.41, 5.74) is -11.9. The Morgan fingerprint density at radius 3 is 1.00 bits per heavy atom. The van der Waals surface area contributed by atoms with Crippen molar-refractivity contribution >= 4 is 31.8 Å². The Morgan fingerprint density at radius 1 is 0.719 bits per heavy atom. The molecule has 0 amide bonds. The Morgan fingerprint density at radius 2 is 0.906 bits per heavy atom. The zero-order chi connectivity index (χ0) is 27.6. The summed E-state index contributed by atoms with van der Waals surface area (Å²) in [7, 11) is -12.2. The molecule has 0 aromatic rings. The second-order valence-electron chi connectivity index (χ2n) is 7.61. The van der Waals surface area contributed by atoms with E-state index >= 15 is 0 Å². The third-order valence-corrected chi connectivity index (χ3v) is 3.33. The summed E-state index contributed by atoms with van der Waals surface area (Å²) in [5, 5.41) is 0. The molecule has 0 aliphatic carbocycles. The number of carbonyl (C=O) groups is 2. The maximum absolute atomic E-state index is 11.5. The summed E-state index contributed by atoms with van der Waals surface area (Å²) < 4.78 is 135. The molecule has 0 unspecified atom stereocenters. The van der Waals surface area contributed by atoms with E-state index in [1.54, 1.807) is 20.8 Å². The molecule has 0 fully saturated rings. The number of rotatable bonds is 2. The molecule has 19 heteroatoms. The fraction of sp³-hybridized carbons (Fsp3) is 0.846. The van der Waals surface area contributed by atoms with Crippen molar-refractivity contribution in [2.24, 2.45) is 10.8 Å². The van der Waals surface area contributed by atoms with E-state index in [0.717, 1.165) is 0 Å². The zero-order valence-electron chi connectivity index (χ0n) is 17.3. The SMILES string of the molecule is CC(C)(C)CC(=O)C(=O)C(C)(C)C.O=S(=O)([O-])C(F)(F)F.O=S(=O)([O-])C(F)(F)F.[O]=[Mo+2]=[O]. The average molecular weight is 610 g/mol. The molecule has 0 aromatic heterocycles. The van der Waals surface area contributed by atoms with Gasteiger partial charge in [-0.25, -0.2) is 16.8 Å². The van der Waals surface area contributed by atoms with Gasteiger partial charge in [0.05, 0.1) is 0 Å². The Kier molecular flexibility index (Phi) is 16.4. The molecule has 0 saturated heterocycles. The molecule has 0 spiro atoms. The van der Waals surface area contributed by atoms with Crippen LogP contribution < -0.4 is 0 Å². The van der Waals surface area contributed by atoms with Crippen LogP contribution in [-0.4, -0.2) is 48.5 Å². The number of carbonyl (C=O) groups excluding carboxylic acids is 2. The summed E-state index contributed by atoms with van der Waals surface area (Å²) in [6.07, 6.45) is 0.336. The minimum atomic E-state index is -6.09. The van der Waals surface area contributed by atoms with Gasteiger partial charge in [0.25, 0.3) is 0 Å². The molecule has 32 heavy (non-hydrogen) atoms. The van der Waals surface area contributed by atoms with Crippen LogP contribution in [0.2, 0.25) is 0 Å². The second-order valence-corrected chi connectivity index (χ2v) is 10.7. The van der Waals surface area contributed by atoms with Gasteiger partial charge >= 0.3 is 36.3 Å². The third-order valence-electron chi connectivity index (χ3n) is 2.19. The fourth-order valence-corrected chi connectivity index (χ4v) is 0.980. The van der Waals surface area contributed by atoms with E-state index in [4.69, 9.17) is 32.7 Å². The molecule has 10 nitrogen and oxygen atoms in total. The Labute approximate surface area is 188 Å². The van der Waals surface area contributed by atoms with Crippen molar-refractivity contribution in [2.45, 2.75) is 59.0 Å². The van der Waals surface area contributed by atoms with Crippen molar-refractivity contribution in [3.8, 4) is 0 Å². The predicted molar refractivity (Wildman–Crippen MR) is 86.4 cm³/mol. The Bertz CT molecular complexity index is 815. The number of halogens is 6. The summed E-state index contributed by atoms with van der Waals surface area (Å²) >= 11 is -2.03. The van der Waals surface area contributed by atoms with Gasteiger partial charge in [-0.3, -0.25) is 9.59 Å². The van der Waals surface area contributed by atoms with Crippen molar-refractivity contribution in [1.29, 1.82) is 0 Å². The summed E-state index contributed by atoms with van der Waals surface area (Å²) in [5.74, 6) is -0.512. The van der Waals surface area contributed by atoms with Gasteiger partial charge < -0.3 is 9.11 Å². The fourth-order valence-electron chi connectivity index (χ4n) is 0.980. The first-order valence-electron chi connectivity index (χ1n) is 7.49. The van der Waals surface area contributed by atoms with Gasteiger partial charge in [-0.1, -0.05) is 41.5 Å². The Hall–Kier alpha value is -0.972. The first kappa shape index (κ1) is 38.3. The number of alkyl halides is 6. The van der Waals surface area contributed by atoms with E-state index in [1.807, 2.05) is 20.8 Å². The quantitative estimate of drug-likeness (QED) is 0.148. The molecule has 0 atom stereocenters. The van der Waals surface area contributed by atoms with E-state index in [9.17, 15) is 35.9 Å². The molecular formula is C13H20F6MoO10S2. The zero-order valence-corrected chi connectivity index (χ0v) is 20.9. The van der Waals surface area contributed by atoms with Crippen LogP contribution in [-0.2, 0) is 55.1 Å². The van der Waals surface area contributed by atoms with Gasteiger partial charge in [-0.15, -0.1) is 0 Å². The minimum absolute atomic E-state index is 0.0992. The van der Waals surface area contributed by atoms with Crippen LogP contribution in [0.3, 0.4) is 0 Å². The van der Waals surface area contributed by atoms with Crippen LogP contribution in [0.5, 0.6) is 0 Å². The molecule has 0 rings (SSSR count). The number of hydrogen-bond acceptors (Lipinski definition) is 10. The van der Waals surface area contributed by atoms with Gasteiger partial charge in [-0.05, 0) is 5.41 Å². The topological polar surface area (TPSA) is 183 Å². The molecule has 0 aliphatic rings. The number of ketones is 2. The summed E-state index contributed by atoms with van der Waals surface area (Å²) in [6, 6.07) is 0. The van der Waals surface area contributed by atoms with E-state index < -0.39 is 55.2 Å². The van der Waals surface area contributed by atoms with Crippen molar-refractivity contribution < 1.29 is 87.2 Å². The molecular weight excluding hydrogens is 590 g/mol. The van der Waals surface area contributed by atoms with E-state index in [0.29, 0.717) is 6.42 Å². The molecule has 0 bridgehead atoms. The van der Waals surface area contributed by atoms with Gasteiger partial charge in [0.1, 0.15) is 0 Å². The van der Waals surface area contributed by atoms with E-state index in [2.05, 4.69) is 0 Å². The predicted octanol–water partition coefficient (Wildman–Crippen LogP) is 2.47. The van der Waals surface area contributed by atoms with Crippen LogP contribution >= 0.6 is 0 Å². The van der Waals surface area contributed by atoms with Crippen LogP contribution in [0.25, 0.3) is 0 Å². The average Bonchev–Trinajstić information content (AvgIpc) is 2.41. The van der Waals surface area contributed by atoms with Crippen molar-refractivity contribution in [1.82, 2.24) is 0 Å². The van der Waals surface area contributed by atoms with Crippen molar-refractivity contribution in [2.75, 3.05) is 0 Å². The van der Waals surface area contributed by atoms with Gasteiger partial charge in [0.2, 0.25) is 5.78 Å². The van der Waals surface area contributed by atoms with Gasteiger partial charge in [0, 0.05) is 11.8 Å². The van der Waals surface area contributed by atoms with E-state index in [1.165, 1.54) is 0 Å². The molecule has 0 radical (unpaired) electrons. The van der Waals surface area contributed by atoms with E-state index in [-0.39, 0.29) is 17.0 Å². The maximum atomic E-state index is 11.5. The normalized spacial score (nSPS) is 12.4. The van der Waals surface area contributed by atoms with Gasteiger partial charge in [-0.2, -0.15) is 26.3 Å². The number of hydrogen-bond donors (Lipinski definition) is 0. The van der Waals surface area contributed by atoms with Crippen molar-refractivity contribution in [3.63, 3.8) is 0 Å². The van der Waals surface area contributed by atoms with Crippen LogP contribution in [0.15, 0.2) is 0 Å². The summed E-state index contributed by atoms with van der Waals surface area (Å²) in [6.45, 7) is 11.2. The Balaban J connectivity index is -0.000000180. The molecule has 0 aromatic carbocycles. The molecule has 0 aliphatic heterocycles. The third kappa shape index (κ3) is 22.2. The van der Waals surface area contributed by atoms with Crippen LogP contribution in [0, 0.1) is 10.8 Å². The second kappa shape index (κ2) is 13.7. The van der Waals surface area contributed by atoms with Crippen LogP contribution in [0.4, 0.5) is 26.3 Å². The molecule has 0 heterocycles. The first-order chi connectivity index (χ1) is 13.5. The monoisotopic (exact) mass is 612 g/mol. The standard InChI is InChI=1S/C11H20O2.2CHF3O3S.Mo.2O/c1-10(2,3)7-8(12)9(13)11(4,5)6;2*2-1(3,4)8(5,6)7;;;/h7H2,1-6H3;2*(H,5,6,7);;;/q;;;+2;;/p-2. The van der Waals surface area contributed by atoms with Crippen LogP contribution in [0.1, 0.15) is 48.0 Å². The summed E-state index contributed by atoms with van der Waals surface area (Å²) in [4.78, 5) is 22.9. The molecule has 0 N–H and O–H groups in total. The first-order valence-corrected chi connectivity index (χ1v) is 11.9. The van der Waals surface area contributed by atoms with Gasteiger partial charge in [0.15, 0.2) is 26.0 Å². The molecule has 0 saturated carbocycles.